The average Bonchev–Trinajstić information content (AvgIpc) is 2.39. The minimum atomic E-state index is -0.400. The van der Waals surface area contributed by atoms with Gasteiger partial charge in [0.05, 0.1) is 5.41 Å². The first-order chi connectivity index (χ1) is 8.14. The van der Waals surface area contributed by atoms with Gasteiger partial charge in [0.1, 0.15) is 0 Å². The van der Waals surface area contributed by atoms with Crippen LogP contribution in [0.2, 0.25) is 0 Å². The number of carbonyl (C=O) groups is 1. The van der Waals surface area contributed by atoms with Crippen molar-refractivity contribution in [3.63, 3.8) is 0 Å². The van der Waals surface area contributed by atoms with Crippen molar-refractivity contribution in [2.24, 2.45) is 11.1 Å². The molecule has 100 valence electrons. The average molecular weight is 243 g/mol. The van der Waals surface area contributed by atoms with E-state index in [9.17, 15) is 4.79 Å². The van der Waals surface area contributed by atoms with E-state index < -0.39 is 5.41 Å². The summed E-state index contributed by atoms with van der Waals surface area (Å²) in [6.07, 6.45) is 1.47. The van der Waals surface area contributed by atoms with Crippen molar-refractivity contribution in [3.8, 4) is 0 Å². The number of carbonyl (C=O) groups excluding carboxylic acids is 1. The molecule has 1 fully saturated rings. The third kappa shape index (κ3) is 3.94. The van der Waals surface area contributed by atoms with Crippen LogP contribution >= 0.6 is 0 Å². The minimum absolute atomic E-state index is 0.0906. The molecule has 0 bridgehead atoms. The van der Waals surface area contributed by atoms with Crippen LogP contribution in [-0.2, 0) is 9.53 Å². The lowest BCUT2D eigenvalue weighted by molar-refractivity contribution is -0.135. The molecule has 0 aromatic carbocycles. The molecule has 1 aliphatic rings. The van der Waals surface area contributed by atoms with E-state index in [1.807, 2.05) is 7.05 Å². The lowest BCUT2D eigenvalue weighted by Crippen LogP contribution is -2.50. The molecule has 0 aromatic heterocycles. The molecule has 0 spiro atoms. The molecule has 0 unspecified atom stereocenters. The Morgan fingerprint density at radius 3 is 2.65 bits per heavy atom. The maximum atomic E-state index is 12.2. The lowest BCUT2D eigenvalue weighted by Gasteiger charge is -2.34. The molecule has 0 radical (unpaired) electrons. The molecule has 5 heteroatoms. The van der Waals surface area contributed by atoms with Gasteiger partial charge in [-0.25, -0.2) is 0 Å². The van der Waals surface area contributed by atoms with Gasteiger partial charge < -0.3 is 20.7 Å². The molecule has 17 heavy (non-hydrogen) atoms. The third-order valence-electron chi connectivity index (χ3n) is 3.64. The molecule has 0 saturated carbocycles. The zero-order valence-electron chi connectivity index (χ0n) is 11.0. The van der Waals surface area contributed by atoms with Crippen LogP contribution in [0.1, 0.15) is 19.8 Å². The lowest BCUT2D eigenvalue weighted by atomic mass is 9.79. The van der Waals surface area contributed by atoms with Gasteiger partial charge in [0.15, 0.2) is 0 Å². The maximum Gasteiger partial charge on any atom is 0.227 e. The van der Waals surface area contributed by atoms with Gasteiger partial charge in [-0.2, -0.15) is 0 Å². The third-order valence-corrected chi connectivity index (χ3v) is 3.64. The van der Waals surface area contributed by atoms with E-state index in [0.717, 1.165) is 25.9 Å². The van der Waals surface area contributed by atoms with Crippen LogP contribution in [0.25, 0.3) is 0 Å². The van der Waals surface area contributed by atoms with Crippen molar-refractivity contribution in [2.45, 2.75) is 19.8 Å². The fraction of sp³-hybridized carbons (Fsp3) is 0.917. The summed E-state index contributed by atoms with van der Waals surface area (Å²) in [5, 5.41) is 2.99. The van der Waals surface area contributed by atoms with E-state index in [1.54, 1.807) is 0 Å². The van der Waals surface area contributed by atoms with E-state index in [4.69, 9.17) is 10.5 Å². The van der Waals surface area contributed by atoms with Crippen LogP contribution in [0.15, 0.2) is 0 Å². The Bertz CT molecular complexity index is 240. The number of amides is 1. The molecule has 1 saturated heterocycles. The number of hydrogen-bond donors (Lipinski definition) is 2. The predicted molar refractivity (Wildman–Crippen MR) is 67.7 cm³/mol. The van der Waals surface area contributed by atoms with Gasteiger partial charge in [-0.3, -0.25) is 4.79 Å². The van der Waals surface area contributed by atoms with Crippen LogP contribution < -0.4 is 11.1 Å². The van der Waals surface area contributed by atoms with Gasteiger partial charge in [-0.05, 0) is 26.4 Å². The molecule has 1 rings (SSSR count). The molecule has 1 heterocycles. The summed E-state index contributed by atoms with van der Waals surface area (Å²) in [5.74, 6) is 0.0906. The number of hydrogen-bond acceptors (Lipinski definition) is 4. The van der Waals surface area contributed by atoms with Gasteiger partial charge in [-0.15, -0.1) is 0 Å². The highest BCUT2D eigenvalue weighted by Gasteiger charge is 2.38. The number of likely N-dealkylation sites (N-methyl/N-ethyl adjacent to an activating group) is 1. The normalized spacial score (nSPS) is 19.3. The standard InChI is InChI=1S/C12H25N3O2/c1-3-15(2)7-6-14-11(16)12(10-13)4-8-17-9-5-12/h3-10,13H2,1-2H3,(H,14,16). The zero-order chi connectivity index (χ0) is 12.7. The zero-order valence-corrected chi connectivity index (χ0v) is 11.0. The van der Waals surface area contributed by atoms with Gasteiger partial charge in [0, 0.05) is 32.8 Å². The predicted octanol–water partition coefficient (Wildman–Crippen LogP) is -0.190. The highest BCUT2D eigenvalue weighted by Crippen LogP contribution is 2.29. The largest absolute Gasteiger partial charge is 0.381 e. The van der Waals surface area contributed by atoms with Crippen molar-refractivity contribution < 1.29 is 9.53 Å². The fourth-order valence-corrected chi connectivity index (χ4v) is 1.99. The Morgan fingerprint density at radius 2 is 2.12 bits per heavy atom. The first kappa shape index (κ1) is 14.4. The number of nitrogens with zero attached hydrogens (tertiary/aromatic N) is 1. The highest BCUT2D eigenvalue weighted by molar-refractivity contribution is 5.83. The van der Waals surface area contributed by atoms with Crippen molar-refractivity contribution in [1.82, 2.24) is 10.2 Å². The minimum Gasteiger partial charge on any atom is -0.381 e. The Kier molecular flexibility index (Phi) is 5.88. The molecular weight excluding hydrogens is 218 g/mol. The number of nitrogens with one attached hydrogen (secondary N) is 1. The van der Waals surface area contributed by atoms with Crippen molar-refractivity contribution in [2.75, 3.05) is 46.4 Å². The number of ether oxygens (including phenoxy) is 1. The molecule has 3 N–H and O–H groups in total. The summed E-state index contributed by atoms with van der Waals surface area (Å²) in [7, 11) is 2.04. The maximum absolute atomic E-state index is 12.2. The van der Waals surface area contributed by atoms with Gasteiger partial charge in [0.25, 0.3) is 0 Å². The first-order valence-corrected chi connectivity index (χ1v) is 6.39. The second-order valence-electron chi connectivity index (χ2n) is 4.75. The van der Waals surface area contributed by atoms with Crippen molar-refractivity contribution in [3.05, 3.63) is 0 Å². The summed E-state index contributed by atoms with van der Waals surface area (Å²) in [6, 6.07) is 0. The molecule has 0 aromatic rings. The number of nitrogens with two attached hydrogens (primary N) is 1. The smallest absolute Gasteiger partial charge is 0.227 e. The van der Waals surface area contributed by atoms with E-state index in [2.05, 4.69) is 17.1 Å². The second-order valence-corrected chi connectivity index (χ2v) is 4.75. The summed E-state index contributed by atoms with van der Waals surface area (Å²) in [5.41, 5.74) is 5.37. The molecule has 0 atom stereocenters. The monoisotopic (exact) mass is 243 g/mol. The summed E-state index contributed by atoms with van der Waals surface area (Å²) >= 11 is 0. The highest BCUT2D eigenvalue weighted by atomic mass is 16.5. The molecule has 1 amide bonds. The Labute approximate surface area is 104 Å². The molecule has 5 nitrogen and oxygen atoms in total. The van der Waals surface area contributed by atoms with Crippen LogP contribution in [0.5, 0.6) is 0 Å². The summed E-state index contributed by atoms with van der Waals surface area (Å²) < 4.78 is 5.29. The van der Waals surface area contributed by atoms with Crippen LogP contribution in [0.3, 0.4) is 0 Å². The van der Waals surface area contributed by atoms with Crippen molar-refractivity contribution in [1.29, 1.82) is 0 Å². The topological polar surface area (TPSA) is 67.6 Å². The SMILES string of the molecule is CCN(C)CCNC(=O)C1(CN)CCOCC1. The first-order valence-electron chi connectivity index (χ1n) is 6.39. The molecular formula is C12H25N3O2. The van der Waals surface area contributed by atoms with Gasteiger partial charge in [-0.1, -0.05) is 6.92 Å². The van der Waals surface area contributed by atoms with Crippen LogP contribution in [0, 0.1) is 5.41 Å². The quantitative estimate of drug-likeness (QED) is 0.678. The Balaban J connectivity index is 2.38. The van der Waals surface area contributed by atoms with Crippen LogP contribution in [0.4, 0.5) is 0 Å². The molecule has 1 aliphatic heterocycles. The molecule has 0 aliphatic carbocycles. The summed E-state index contributed by atoms with van der Waals surface area (Å²) in [4.78, 5) is 14.3. The van der Waals surface area contributed by atoms with E-state index >= 15 is 0 Å². The van der Waals surface area contributed by atoms with Gasteiger partial charge in [0.2, 0.25) is 5.91 Å². The van der Waals surface area contributed by atoms with E-state index in [0.29, 0.717) is 26.3 Å². The van der Waals surface area contributed by atoms with Gasteiger partial charge >= 0.3 is 0 Å². The fourth-order valence-electron chi connectivity index (χ4n) is 1.99. The summed E-state index contributed by atoms with van der Waals surface area (Å²) in [6.45, 7) is 6.34. The van der Waals surface area contributed by atoms with E-state index in [1.165, 1.54) is 0 Å². The second kappa shape index (κ2) is 6.93. The van der Waals surface area contributed by atoms with E-state index in [-0.39, 0.29) is 5.91 Å². The Morgan fingerprint density at radius 1 is 1.47 bits per heavy atom. The van der Waals surface area contributed by atoms with Crippen molar-refractivity contribution >= 4 is 5.91 Å². The van der Waals surface area contributed by atoms with Crippen LogP contribution in [-0.4, -0.2) is 57.2 Å². The number of rotatable bonds is 6. The Hall–Kier alpha value is -0.650.